The molecule has 29 heavy (non-hydrogen) atoms. The van der Waals surface area contributed by atoms with Gasteiger partial charge in [0.1, 0.15) is 0 Å². The summed E-state index contributed by atoms with van der Waals surface area (Å²) in [6.07, 6.45) is 1.72. The third-order valence-electron chi connectivity index (χ3n) is 4.56. The van der Waals surface area contributed by atoms with Crippen LogP contribution < -0.4 is 5.32 Å². The number of nitrogens with one attached hydrogen (secondary N) is 2. The first-order valence-corrected chi connectivity index (χ1v) is 9.01. The summed E-state index contributed by atoms with van der Waals surface area (Å²) in [4.78, 5) is 12.6. The number of carbonyl (C=O) groups excluding carboxylic acids is 1. The van der Waals surface area contributed by atoms with Gasteiger partial charge in [-0.3, -0.25) is 9.89 Å². The molecule has 0 spiro atoms. The molecule has 7 nitrogen and oxygen atoms in total. The fourth-order valence-electron chi connectivity index (χ4n) is 3.07. The van der Waals surface area contributed by atoms with Crippen LogP contribution in [0.15, 0.2) is 83.4 Å². The molecule has 3 aromatic carbocycles. The predicted molar refractivity (Wildman–Crippen MR) is 109 cm³/mol. The van der Waals surface area contributed by atoms with E-state index in [-0.39, 0.29) is 5.91 Å². The van der Waals surface area contributed by atoms with Crippen LogP contribution in [-0.2, 0) is 0 Å². The van der Waals surface area contributed by atoms with Crippen molar-refractivity contribution in [2.75, 3.05) is 5.32 Å². The van der Waals surface area contributed by atoms with Gasteiger partial charge in [0.15, 0.2) is 0 Å². The third-order valence-corrected chi connectivity index (χ3v) is 4.56. The SMILES string of the molecule is O=C(Nc1cccc2cn[nH]c12)c1ccc(-c2nnc(-c3ccccc3)o2)cc1. The second kappa shape index (κ2) is 7.05. The zero-order valence-electron chi connectivity index (χ0n) is 15.2. The molecule has 0 saturated heterocycles. The number of carbonyl (C=O) groups is 1. The smallest absolute Gasteiger partial charge is 0.255 e. The number of anilines is 1. The van der Waals surface area contributed by atoms with E-state index in [1.54, 1.807) is 30.5 Å². The normalized spacial score (nSPS) is 10.9. The summed E-state index contributed by atoms with van der Waals surface area (Å²) in [5.74, 6) is 0.641. The van der Waals surface area contributed by atoms with Crippen molar-refractivity contribution in [2.24, 2.45) is 0 Å². The fraction of sp³-hybridized carbons (Fsp3) is 0. The van der Waals surface area contributed by atoms with Gasteiger partial charge in [-0.25, -0.2) is 0 Å². The van der Waals surface area contributed by atoms with Gasteiger partial charge in [0.2, 0.25) is 11.8 Å². The topological polar surface area (TPSA) is 96.7 Å². The van der Waals surface area contributed by atoms with E-state index in [0.717, 1.165) is 22.0 Å². The lowest BCUT2D eigenvalue weighted by molar-refractivity contribution is 0.102. The van der Waals surface area contributed by atoms with Crippen LogP contribution >= 0.6 is 0 Å². The van der Waals surface area contributed by atoms with Gasteiger partial charge in [-0.15, -0.1) is 10.2 Å². The van der Waals surface area contributed by atoms with Gasteiger partial charge < -0.3 is 9.73 Å². The average Bonchev–Trinajstić information content (AvgIpc) is 3.45. The fourth-order valence-corrected chi connectivity index (χ4v) is 3.07. The van der Waals surface area contributed by atoms with E-state index >= 15 is 0 Å². The highest BCUT2D eigenvalue weighted by molar-refractivity contribution is 6.08. The standard InChI is InChI=1S/C22H15N5O2/c28-20(24-18-8-4-7-17-13-23-25-19(17)18)14-9-11-16(12-10-14)22-27-26-21(29-22)15-5-2-1-3-6-15/h1-13H,(H,23,25)(H,24,28). The van der Waals surface area contributed by atoms with E-state index in [9.17, 15) is 4.79 Å². The molecule has 0 atom stereocenters. The number of para-hydroxylation sites is 1. The summed E-state index contributed by atoms with van der Waals surface area (Å²) in [6, 6.07) is 22.2. The Morgan fingerprint density at radius 1 is 0.828 bits per heavy atom. The highest BCUT2D eigenvalue weighted by atomic mass is 16.4. The van der Waals surface area contributed by atoms with Crippen LogP contribution in [0.25, 0.3) is 33.8 Å². The molecule has 0 saturated carbocycles. The molecule has 2 aromatic heterocycles. The Morgan fingerprint density at radius 2 is 1.55 bits per heavy atom. The van der Waals surface area contributed by atoms with Gasteiger partial charge in [-0.05, 0) is 42.5 Å². The first-order valence-electron chi connectivity index (χ1n) is 9.01. The summed E-state index contributed by atoms with van der Waals surface area (Å²) in [7, 11) is 0. The maximum absolute atomic E-state index is 12.6. The quantitative estimate of drug-likeness (QED) is 0.477. The Labute approximate surface area is 165 Å². The van der Waals surface area contributed by atoms with Crippen molar-refractivity contribution >= 4 is 22.5 Å². The molecule has 5 rings (SSSR count). The van der Waals surface area contributed by atoms with Crippen LogP contribution in [0.2, 0.25) is 0 Å². The number of hydrogen-bond donors (Lipinski definition) is 2. The number of H-pyrrole nitrogens is 1. The molecule has 0 radical (unpaired) electrons. The van der Waals surface area contributed by atoms with Crippen LogP contribution in [-0.4, -0.2) is 26.3 Å². The van der Waals surface area contributed by atoms with Crippen LogP contribution in [0.5, 0.6) is 0 Å². The van der Waals surface area contributed by atoms with Gasteiger partial charge in [0.05, 0.1) is 17.4 Å². The molecule has 0 fully saturated rings. The predicted octanol–water partition coefficient (Wildman–Crippen LogP) is 4.53. The van der Waals surface area contributed by atoms with Gasteiger partial charge in [0, 0.05) is 22.1 Å². The number of aromatic amines is 1. The highest BCUT2D eigenvalue weighted by Gasteiger charge is 2.13. The molecule has 0 unspecified atom stereocenters. The van der Waals surface area contributed by atoms with Gasteiger partial charge in [-0.2, -0.15) is 5.10 Å². The monoisotopic (exact) mass is 381 g/mol. The zero-order chi connectivity index (χ0) is 19.6. The summed E-state index contributed by atoms with van der Waals surface area (Å²) < 4.78 is 5.76. The van der Waals surface area contributed by atoms with E-state index < -0.39 is 0 Å². The van der Waals surface area contributed by atoms with Crippen molar-refractivity contribution in [3.8, 4) is 22.9 Å². The van der Waals surface area contributed by atoms with E-state index in [0.29, 0.717) is 23.0 Å². The van der Waals surface area contributed by atoms with Crippen LogP contribution in [0.3, 0.4) is 0 Å². The van der Waals surface area contributed by atoms with Crippen molar-refractivity contribution < 1.29 is 9.21 Å². The Kier molecular flexibility index (Phi) is 4.10. The number of hydrogen-bond acceptors (Lipinski definition) is 5. The third kappa shape index (κ3) is 3.25. The molecule has 0 bridgehead atoms. The first-order chi connectivity index (χ1) is 14.3. The van der Waals surface area contributed by atoms with Crippen LogP contribution in [0, 0.1) is 0 Å². The van der Waals surface area contributed by atoms with Gasteiger partial charge in [-0.1, -0.05) is 30.3 Å². The molecule has 0 aliphatic heterocycles. The van der Waals surface area contributed by atoms with E-state index in [4.69, 9.17) is 4.42 Å². The van der Waals surface area contributed by atoms with Crippen molar-refractivity contribution in [2.45, 2.75) is 0 Å². The Hall–Kier alpha value is -4.26. The molecular formula is C22H15N5O2. The second-order valence-electron chi connectivity index (χ2n) is 6.45. The molecule has 0 aliphatic carbocycles. The van der Waals surface area contributed by atoms with Crippen LogP contribution in [0.4, 0.5) is 5.69 Å². The van der Waals surface area contributed by atoms with Crippen molar-refractivity contribution in [3.05, 3.63) is 84.6 Å². The van der Waals surface area contributed by atoms with Crippen LogP contribution in [0.1, 0.15) is 10.4 Å². The lowest BCUT2D eigenvalue weighted by Gasteiger charge is -2.06. The minimum Gasteiger partial charge on any atom is -0.416 e. The van der Waals surface area contributed by atoms with Crippen molar-refractivity contribution in [1.29, 1.82) is 0 Å². The maximum atomic E-state index is 12.6. The molecule has 2 N–H and O–H groups in total. The zero-order valence-corrected chi connectivity index (χ0v) is 15.2. The Balaban J connectivity index is 1.36. The minimum absolute atomic E-state index is 0.214. The summed E-state index contributed by atoms with van der Waals surface area (Å²) in [5.41, 5.74) is 3.59. The largest absolute Gasteiger partial charge is 0.416 e. The molecule has 2 heterocycles. The van der Waals surface area contributed by atoms with Crippen molar-refractivity contribution in [3.63, 3.8) is 0 Å². The first kappa shape index (κ1) is 16.9. The summed E-state index contributed by atoms with van der Waals surface area (Å²) >= 11 is 0. The Morgan fingerprint density at radius 3 is 2.31 bits per heavy atom. The second-order valence-corrected chi connectivity index (χ2v) is 6.45. The number of benzene rings is 3. The molecular weight excluding hydrogens is 366 g/mol. The number of amides is 1. The molecule has 0 aliphatic rings. The van der Waals surface area contributed by atoms with Crippen molar-refractivity contribution in [1.82, 2.24) is 20.4 Å². The molecule has 140 valence electrons. The van der Waals surface area contributed by atoms with Gasteiger partial charge in [0.25, 0.3) is 5.91 Å². The lowest BCUT2D eigenvalue weighted by atomic mass is 10.1. The Bertz CT molecular complexity index is 1290. The maximum Gasteiger partial charge on any atom is 0.255 e. The minimum atomic E-state index is -0.214. The number of nitrogens with zero attached hydrogens (tertiary/aromatic N) is 3. The summed E-state index contributed by atoms with van der Waals surface area (Å²) in [5, 5.41) is 19.0. The lowest BCUT2D eigenvalue weighted by Crippen LogP contribution is -2.12. The van der Waals surface area contributed by atoms with E-state index in [1.165, 1.54) is 0 Å². The molecule has 5 aromatic rings. The molecule has 7 heteroatoms. The molecule has 1 amide bonds. The number of rotatable bonds is 4. The average molecular weight is 381 g/mol. The summed E-state index contributed by atoms with van der Waals surface area (Å²) in [6.45, 7) is 0. The highest BCUT2D eigenvalue weighted by Crippen LogP contribution is 2.25. The number of aromatic nitrogens is 4. The van der Waals surface area contributed by atoms with E-state index in [1.807, 2.05) is 48.5 Å². The van der Waals surface area contributed by atoms with E-state index in [2.05, 4.69) is 25.7 Å². The number of fused-ring (bicyclic) bond motifs is 1. The van der Waals surface area contributed by atoms with Gasteiger partial charge >= 0.3 is 0 Å².